The number of fused-ring (bicyclic) bond motifs is 1. The lowest BCUT2D eigenvalue weighted by molar-refractivity contribution is -0.116. The zero-order chi connectivity index (χ0) is 21.3. The van der Waals surface area contributed by atoms with Gasteiger partial charge in [-0.1, -0.05) is 6.07 Å². The first-order valence-corrected chi connectivity index (χ1v) is 10.8. The van der Waals surface area contributed by atoms with E-state index >= 15 is 0 Å². The third kappa shape index (κ3) is 4.60. The number of carbonyl (C=O) groups is 1. The average molecular weight is 428 g/mol. The largest absolute Gasteiger partial charge is 0.368 e. The van der Waals surface area contributed by atoms with Crippen molar-refractivity contribution in [2.24, 2.45) is 10.7 Å². The summed E-state index contributed by atoms with van der Waals surface area (Å²) >= 11 is 0. The molecule has 0 spiro atoms. The normalized spacial score (nSPS) is 17.6. The predicted octanol–water partition coefficient (Wildman–Crippen LogP) is 0.265. The highest BCUT2D eigenvalue weighted by molar-refractivity contribution is 7.92. The molecule has 156 valence electrons. The second-order valence-electron chi connectivity index (χ2n) is 6.81. The number of aliphatic imine (C=N–C) groups is 1. The van der Waals surface area contributed by atoms with Crippen LogP contribution in [0, 0.1) is 0 Å². The summed E-state index contributed by atoms with van der Waals surface area (Å²) in [5.74, 6) is 0.0585. The quantitative estimate of drug-likeness (QED) is 0.516. The number of hydrogen-bond acceptors (Lipinski definition) is 8. The Morgan fingerprint density at radius 3 is 2.93 bits per heavy atom. The predicted molar refractivity (Wildman–Crippen MR) is 113 cm³/mol. The van der Waals surface area contributed by atoms with E-state index < -0.39 is 10.0 Å². The summed E-state index contributed by atoms with van der Waals surface area (Å²) in [6.45, 7) is 0.00291. The molecule has 11 nitrogen and oxygen atoms in total. The van der Waals surface area contributed by atoms with E-state index in [9.17, 15) is 13.2 Å². The van der Waals surface area contributed by atoms with Crippen LogP contribution in [-0.2, 0) is 21.4 Å². The van der Waals surface area contributed by atoms with Gasteiger partial charge in [-0.2, -0.15) is 5.10 Å². The first-order chi connectivity index (χ1) is 14.2. The van der Waals surface area contributed by atoms with Crippen LogP contribution in [0.1, 0.15) is 5.56 Å². The Kier molecular flexibility index (Phi) is 4.91. The number of carbonyl (C=O) groups excluding carboxylic acids is 1. The third-order valence-corrected chi connectivity index (χ3v) is 4.87. The molecule has 1 aromatic heterocycles. The number of guanidine groups is 1. The minimum atomic E-state index is -3.40. The molecule has 1 unspecified atom stereocenters. The molecule has 1 atom stereocenters. The van der Waals surface area contributed by atoms with Gasteiger partial charge < -0.3 is 11.1 Å². The maximum Gasteiger partial charge on any atom is 0.246 e. The number of hydrazine groups is 1. The van der Waals surface area contributed by atoms with E-state index in [-0.39, 0.29) is 18.6 Å². The number of amides is 1. The van der Waals surface area contributed by atoms with Crippen LogP contribution in [0.15, 0.2) is 60.0 Å². The van der Waals surface area contributed by atoms with Crippen molar-refractivity contribution in [3.63, 3.8) is 0 Å². The molecule has 0 bridgehead atoms. The molecular weight excluding hydrogens is 408 g/mol. The summed E-state index contributed by atoms with van der Waals surface area (Å²) < 4.78 is 26.6. The number of nitrogens with zero attached hydrogens (tertiary/aromatic N) is 4. The summed E-state index contributed by atoms with van der Waals surface area (Å²) in [5, 5.41) is 8.75. The molecule has 12 heteroatoms. The lowest BCUT2D eigenvalue weighted by Gasteiger charge is -2.22. The number of allylic oxidation sites excluding steroid dienone is 2. The maximum absolute atomic E-state index is 12.4. The number of sulfonamides is 1. The fourth-order valence-electron chi connectivity index (χ4n) is 3.07. The fourth-order valence-corrected chi connectivity index (χ4v) is 3.62. The van der Waals surface area contributed by atoms with Crippen molar-refractivity contribution < 1.29 is 13.2 Å². The van der Waals surface area contributed by atoms with Crippen LogP contribution in [0.25, 0.3) is 5.57 Å². The summed E-state index contributed by atoms with van der Waals surface area (Å²) in [6, 6.07) is 6.46. The van der Waals surface area contributed by atoms with Gasteiger partial charge in [-0.3, -0.25) is 24.6 Å². The number of aromatic nitrogens is 2. The standard InChI is InChI=1S/C18H20N8O3S/c1-30(28,29)24-15-4-2-3-14(8-15)21-17(27)11-25-10-13(9-20-25)12-5-6-26-16(7-12)22-18(19)23-26/h2-10,16,24H,11H2,1H3,(H,21,27)(H3,19,22,23). The maximum atomic E-state index is 12.4. The molecule has 3 heterocycles. The zero-order valence-electron chi connectivity index (χ0n) is 16.0. The van der Waals surface area contributed by atoms with Crippen molar-refractivity contribution in [3.05, 3.63) is 60.6 Å². The molecule has 30 heavy (non-hydrogen) atoms. The second kappa shape index (κ2) is 7.55. The van der Waals surface area contributed by atoms with Crippen molar-refractivity contribution in [1.29, 1.82) is 0 Å². The highest BCUT2D eigenvalue weighted by Crippen LogP contribution is 2.23. The number of anilines is 2. The molecule has 0 fully saturated rings. The molecular formula is C18H20N8O3S. The van der Waals surface area contributed by atoms with Crippen molar-refractivity contribution in [2.75, 3.05) is 16.3 Å². The minimum Gasteiger partial charge on any atom is -0.368 e. The zero-order valence-corrected chi connectivity index (χ0v) is 16.8. The molecule has 2 aromatic rings. The van der Waals surface area contributed by atoms with E-state index in [0.29, 0.717) is 17.3 Å². The van der Waals surface area contributed by atoms with Gasteiger partial charge in [0, 0.05) is 23.6 Å². The Balaban J connectivity index is 1.40. The monoisotopic (exact) mass is 428 g/mol. The second-order valence-corrected chi connectivity index (χ2v) is 8.56. The molecule has 1 amide bonds. The Labute approximate surface area is 173 Å². The van der Waals surface area contributed by atoms with Gasteiger partial charge in [-0.25, -0.2) is 13.4 Å². The summed E-state index contributed by atoms with van der Waals surface area (Å²) in [5.41, 5.74) is 11.2. The van der Waals surface area contributed by atoms with Gasteiger partial charge in [0.25, 0.3) is 0 Å². The SMILES string of the molecule is CS(=O)(=O)Nc1cccc(NC(=O)Cn2cc(C3=CC4N=C(N)NN4C=C3)cn2)c1. The Morgan fingerprint density at radius 2 is 2.13 bits per heavy atom. The van der Waals surface area contributed by atoms with Crippen LogP contribution >= 0.6 is 0 Å². The molecule has 4 rings (SSSR count). The molecule has 2 aliphatic rings. The number of hydrogen-bond donors (Lipinski definition) is 4. The van der Waals surface area contributed by atoms with Crippen molar-refractivity contribution in [2.45, 2.75) is 12.7 Å². The van der Waals surface area contributed by atoms with E-state index in [2.05, 4.69) is 25.6 Å². The van der Waals surface area contributed by atoms with Crippen molar-refractivity contribution in [1.82, 2.24) is 20.2 Å². The molecule has 5 N–H and O–H groups in total. The van der Waals surface area contributed by atoms with Crippen molar-refractivity contribution in [3.8, 4) is 0 Å². The fraction of sp³-hybridized carbons (Fsp3) is 0.167. The summed E-state index contributed by atoms with van der Waals surface area (Å²) in [4.78, 5) is 16.6. The van der Waals surface area contributed by atoms with Crippen LogP contribution in [0.5, 0.6) is 0 Å². The van der Waals surface area contributed by atoms with E-state index in [0.717, 1.165) is 17.4 Å². The number of nitrogens with one attached hydrogen (secondary N) is 3. The van der Waals surface area contributed by atoms with Crippen LogP contribution in [0.2, 0.25) is 0 Å². The molecule has 1 aromatic carbocycles. The summed E-state index contributed by atoms with van der Waals surface area (Å²) in [7, 11) is -3.40. The topological polar surface area (TPSA) is 147 Å². The Morgan fingerprint density at radius 1 is 1.33 bits per heavy atom. The first kappa shape index (κ1) is 19.5. The number of rotatable bonds is 6. The number of nitrogens with two attached hydrogens (primary N) is 1. The first-order valence-electron chi connectivity index (χ1n) is 8.94. The Hall–Kier alpha value is -3.80. The van der Waals surface area contributed by atoms with Crippen LogP contribution in [0.3, 0.4) is 0 Å². The van der Waals surface area contributed by atoms with E-state index in [1.807, 2.05) is 18.4 Å². The molecule has 0 radical (unpaired) electrons. The van der Waals surface area contributed by atoms with E-state index in [1.165, 1.54) is 4.68 Å². The van der Waals surface area contributed by atoms with Crippen LogP contribution in [0.4, 0.5) is 11.4 Å². The molecule has 0 saturated carbocycles. The van der Waals surface area contributed by atoms with Gasteiger partial charge in [0.1, 0.15) is 6.54 Å². The molecule has 2 aliphatic heterocycles. The highest BCUT2D eigenvalue weighted by Gasteiger charge is 2.23. The lowest BCUT2D eigenvalue weighted by atomic mass is 10.1. The molecule has 0 aliphatic carbocycles. The lowest BCUT2D eigenvalue weighted by Crippen LogP contribution is -2.39. The van der Waals surface area contributed by atoms with Crippen LogP contribution in [-0.4, -0.2) is 47.5 Å². The number of benzene rings is 1. The van der Waals surface area contributed by atoms with Gasteiger partial charge in [-0.05, 0) is 35.9 Å². The van der Waals surface area contributed by atoms with E-state index in [1.54, 1.807) is 41.7 Å². The Bertz CT molecular complexity index is 1180. The van der Waals surface area contributed by atoms with Gasteiger partial charge in [-0.15, -0.1) is 0 Å². The molecule has 0 saturated heterocycles. The van der Waals surface area contributed by atoms with Crippen molar-refractivity contribution >= 4 is 38.8 Å². The highest BCUT2D eigenvalue weighted by atomic mass is 32.2. The van der Waals surface area contributed by atoms with Gasteiger partial charge in [0.15, 0.2) is 6.17 Å². The van der Waals surface area contributed by atoms with Gasteiger partial charge in [0.2, 0.25) is 21.9 Å². The summed E-state index contributed by atoms with van der Waals surface area (Å²) in [6.07, 6.45) is 9.96. The van der Waals surface area contributed by atoms with Crippen LogP contribution < -0.4 is 21.2 Å². The van der Waals surface area contributed by atoms with Gasteiger partial charge in [0.05, 0.1) is 18.1 Å². The third-order valence-electron chi connectivity index (χ3n) is 4.27. The van der Waals surface area contributed by atoms with E-state index in [4.69, 9.17) is 5.73 Å². The van der Waals surface area contributed by atoms with Gasteiger partial charge >= 0.3 is 0 Å². The minimum absolute atomic E-state index is 0.00291. The smallest absolute Gasteiger partial charge is 0.246 e. The average Bonchev–Trinajstić information content (AvgIpc) is 3.25.